The average molecular weight is 466 g/mol. The minimum absolute atomic E-state index is 0.0163. The van der Waals surface area contributed by atoms with E-state index in [0.717, 1.165) is 14.6 Å². The van der Waals surface area contributed by atoms with Gasteiger partial charge in [-0.25, -0.2) is 0 Å². The smallest absolute Gasteiger partial charge is 0.253 e. The van der Waals surface area contributed by atoms with Crippen molar-refractivity contribution in [1.82, 2.24) is 4.90 Å². The third-order valence-electron chi connectivity index (χ3n) is 4.38. The predicted molar refractivity (Wildman–Crippen MR) is 106 cm³/mol. The summed E-state index contributed by atoms with van der Waals surface area (Å²) in [6, 6.07) is 14.9. The molecule has 6 heteroatoms. The lowest BCUT2D eigenvalue weighted by atomic mass is 9.95. The summed E-state index contributed by atoms with van der Waals surface area (Å²) in [4.78, 5) is 26.8. The van der Waals surface area contributed by atoms with E-state index in [0.29, 0.717) is 31.5 Å². The molecule has 1 saturated heterocycles. The minimum Gasteiger partial charge on any atom is -0.339 e. The van der Waals surface area contributed by atoms with E-state index in [1.54, 1.807) is 0 Å². The molecule has 3 rings (SSSR count). The number of amides is 2. The summed E-state index contributed by atoms with van der Waals surface area (Å²) >= 11 is 6.81. The van der Waals surface area contributed by atoms with E-state index in [1.165, 1.54) is 0 Å². The number of anilines is 1. The highest BCUT2D eigenvalue weighted by Crippen LogP contribution is 2.25. The van der Waals surface area contributed by atoms with E-state index in [1.807, 2.05) is 53.4 Å². The second-order valence-corrected chi connectivity index (χ2v) is 7.81. The molecule has 0 atom stereocenters. The highest BCUT2D eigenvalue weighted by Gasteiger charge is 2.28. The summed E-state index contributed by atoms with van der Waals surface area (Å²) in [6.45, 7) is 1.20. The van der Waals surface area contributed by atoms with Crippen LogP contribution in [0.15, 0.2) is 57.5 Å². The number of nitrogens with one attached hydrogen (secondary N) is 1. The van der Waals surface area contributed by atoms with Gasteiger partial charge in [0.2, 0.25) is 5.91 Å². The molecule has 130 valence electrons. The maximum absolute atomic E-state index is 12.5. The molecule has 2 aromatic rings. The van der Waals surface area contributed by atoms with Crippen molar-refractivity contribution < 1.29 is 9.59 Å². The van der Waals surface area contributed by atoms with Crippen LogP contribution in [0.2, 0.25) is 0 Å². The molecule has 0 spiro atoms. The van der Waals surface area contributed by atoms with Gasteiger partial charge in [-0.1, -0.05) is 28.1 Å². The first-order chi connectivity index (χ1) is 12.0. The average Bonchev–Trinajstić information content (AvgIpc) is 2.64. The zero-order valence-corrected chi connectivity index (χ0v) is 16.7. The number of piperidine rings is 1. The number of benzene rings is 2. The van der Waals surface area contributed by atoms with E-state index in [-0.39, 0.29) is 17.7 Å². The van der Waals surface area contributed by atoms with Gasteiger partial charge >= 0.3 is 0 Å². The molecule has 2 amide bonds. The first kappa shape index (κ1) is 18.1. The molecule has 0 bridgehead atoms. The molecule has 1 aliphatic rings. The molecule has 0 saturated carbocycles. The molecule has 2 aromatic carbocycles. The maximum Gasteiger partial charge on any atom is 0.253 e. The summed E-state index contributed by atoms with van der Waals surface area (Å²) in [5.41, 5.74) is 1.46. The molecule has 0 radical (unpaired) electrons. The van der Waals surface area contributed by atoms with Gasteiger partial charge in [-0.2, -0.15) is 0 Å². The van der Waals surface area contributed by atoms with Crippen LogP contribution in [0, 0.1) is 5.92 Å². The summed E-state index contributed by atoms with van der Waals surface area (Å²) in [5, 5.41) is 2.97. The van der Waals surface area contributed by atoms with Crippen molar-refractivity contribution in [2.75, 3.05) is 18.4 Å². The highest BCUT2D eigenvalue weighted by atomic mass is 79.9. The van der Waals surface area contributed by atoms with Crippen LogP contribution in [0.5, 0.6) is 0 Å². The number of carbonyl (C=O) groups is 2. The Morgan fingerprint density at radius 3 is 2.24 bits per heavy atom. The van der Waals surface area contributed by atoms with Gasteiger partial charge < -0.3 is 10.2 Å². The maximum atomic E-state index is 12.5. The van der Waals surface area contributed by atoms with Crippen LogP contribution in [-0.2, 0) is 4.79 Å². The molecule has 0 aromatic heterocycles. The van der Waals surface area contributed by atoms with Crippen molar-refractivity contribution in [3.05, 3.63) is 63.0 Å². The van der Waals surface area contributed by atoms with Crippen LogP contribution < -0.4 is 5.32 Å². The Morgan fingerprint density at radius 1 is 0.960 bits per heavy atom. The number of hydrogen-bond acceptors (Lipinski definition) is 2. The van der Waals surface area contributed by atoms with E-state index in [9.17, 15) is 9.59 Å². The van der Waals surface area contributed by atoms with Gasteiger partial charge in [0.05, 0.1) is 5.69 Å². The van der Waals surface area contributed by atoms with Crippen LogP contribution >= 0.6 is 31.9 Å². The Kier molecular flexibility index (Phi) is 5.91. The number of likely N-dealkylation sites (tertiary alicyclic amines) is 1. The third kappa shape index (κ3) is 4.50. The third-order valence-corrected chi connectivity index (χ3v) is 5.60. The van der Waals surface area contributed by atoms with Crippen LogP contribution in [0.1, 0.15) is 23.2 Å². The van der Waals surface area contributed by atoms with Crippen molar-refractivity contribution in [1.29, 1.82) is 0 Å². The Hall–Kier alpha value is -1.66. The fourth-order valence-electron chi connectivity index (χ4n) is 2.92. The lowest BCUT2D eigenvalue weighted by molar-refractivity contribution is -0.121. The van der Waals surface area contributed by atoms with Crippen LogP contribution in [-0.4, -0.2) is 29.8 Å². The van der Waals surface area contributed by atoms with Gasteiger partial charge in [0.1, 0.15) is 0 Å². The first-order valence-corrected chi connectivity index (χ1v) is 9.73. The number of para-hydroxylation sites is 1. The Labute approximate surface area is 163 Å². The number of halogens is 2. The lowest BCUT2D eigenvalue weighted by Gasteiger charge is -2.31. The molecule has 1 fully saturated rings. The molecular weight excluding hydrogens is 448 g/mol. The molecule has 0 unspecified atom stereocenters. The van der Waals surface area contributed by atoms with Crippen LogP contribution in [0.25, 0.3) is 0 Å². The second-order valence-electron chi connectivity index (χ2n) is 6.04. The SMILES string of the molecule is O=C(Nc1ccccc1Br)C1CCN(C(=O)c2ccc(Br)cc2)CC1. The molecule has 0 aliphatic carbocycles. The summed E-state index contributed by atoms with van der Waals surface area (Å²) in [5.74, 6) is -0.0270. The zero-order valence-electron chi connectivity index (χ0n) is 13.5. The van der Waals surface area contributed by atoms with Crippen molar-refractivity contribution in [3.8, 4) is 0 Å². The van der Waals surface area contributed by atoms with E-state index < -0.39 is 0 Å². The van der Waals surface area contributed by atoms with Gasteiger partial charge in [-0.15, -0.1) is 0 Å². The summed E-state index contributed by atoms with van der Waals surface area (Å²) in [7, 11) is 0. The van der Waals surface area contributed by atoms with Crippen molar-refractivity contribution in [2.24, 2.45) is 5.92 Å². The number of carbonyl (C=O) groups excluding carboxylic acids is 2. The Morgan fingerprint density at radius 2 is 1.60 bits per heavy atom. The van der Waals surface area contributed by atoms with Gasteiger partial charge in [0.25, 0.3) is 5.91 Å². The van der Waals surface area contributed by atoms with Crippen LogP contribution in [0.3, 0.4) is 0 Å². The fraction of sp³-hybridized carbons (Fsp3) is 0.263. The van der Waals surface area contributed by atoms with Gasteiger partial charge in [-0.3, -0.25) is 9.59 Å². The van der Waals surface area contributed by atoms with E-state index in [2.05, 4.69) is 37.2 Å². The standard InChI is InChI=1S/C19H18Br2N2O2/c20-15-7-5-14(6-8-15)19(25)23-11-9-13(10-12-23)18(24)22-17-4-2-1-3-16(17)21/h1-8,13H,9-12H2,(H,22,24). The van der Waals surface area contributed by atoms with Gasteiger partial charge in [0.15, 0.2) is 0 Å². The van der Waals surface area contributed by atoms with Crippen LogP contribution in [0.4, 0.5) is 5.69 Å². The van der Waals surface area contributed by atoms with E-state index >= 15 is 0 Å². The second kappa shape index (κ2) is 8.15. The van der Waals surface area contributed by atoms with Gasteiger partial charge in [0, 0.05) is 33.5 Å². The fourth-order valence-corrected chi connectivity index (χ4v) is 3.57. The molecule has 1 heterocycles. The van der Waals surface area contributed by atoms with Gasteiger partial charge in [-0.05, 0) is 65.2 Å². The van der Waals surface area contributed by atoms with Crippen molar-refractivity contribution in [3.63, 3.8) is 0 Å². The Balaban J connectivity index is 1.56. The molecular formula is C19H18Br2N2O2. The predicted octanol–water partition coefficient (Wildman–Crippen LogP) is 4.70. The lowest BCUT2D eigenvalue weighted by Crippen LogP contribution is -2.41. The molecule has 25 heavy (non-hydrogen) atoms. The molecule has 1 N–H and O–H groups in total. The van der Waals surface area contributed by atoms with Crippen molar-refractivity contribution >= 4 is 49.4 Å². The highest BCUT2D eigenvalue weighted by molar-refractivity contribution is 9.10. The quantitative estimate of drug-likeness (QED) is 0.713. The topological polar surface area (TPSA) is 49.4 Å². The minimum atomic E-state index is -0.0685. The number of rotatable bonds is 3. The van der Waals surface area contributed by atoms with Crippen molar-refractivity contribution in [2.45, 2.75) is 12.8 Å². The first-order valence-electron chi connectivity index (χ1n) is 8.15. The normalized spacial score (nSPS) is 15.0. The Bertz CT molecular complexity index is 769. The zero-order chi connectivity index (χ0) is 17.8. The monoisotopic (exact) mass is 464 g/mol. The molecule has 4 nitrogen and oxygen atoms in total. The number of hydrogen-bond donors (Lipinski definition) is 1. The summed E-state index contributed by atoms with van der Waals surface area (Å²) < 4.78 is 1.82. The molecule has 1 aliphatic heterocycles. The largest absolute Gasteiger partial charge is 0.339 e. The van der Waals surface area contributed by atoms with E-state index in [4.69, 9.17) is 0 Å². The summed E-state index contributed by atoms with van der Waals surface area (Å²) in [6.07, 6.45) is 1.36. The number of nitrogens with zero attached hydrogens (tertiary/aromatic N) is 1.